The van der Waals surface area contributed by atoms with E-state index in [1.807, 2.05) is 0 Å². The van der Waals surface area contributed by atoms with E-state index < -0.39 is 12.7 Å². The Labute approximate surface area is 182 Å². The van der Waals surface area contributed by atoms with Gasteiger partial charge < -0.3 is 19.7 Å². The van der Waals surface area contributed by atoms with Gasteiger partial charge in [-0.05, 0) is 51.4 Å². The fourth-order valence-electron chi connectivity index (χ4n) is 2.90. The van der Waals surface area contributed by atoms with E-state index in [4.69, 9.17) is 19.7 Å². The molecule has 5 heteroatoms. The molecule has 0 radical (unpaired) electrons. The summed E-state index contributed by atoms with van der Waals surface area (Å²) in [6.45, 7) is 1.62. The van der Waals surface area contributed by atoms with Crippen LogP contribution in [0.4, 0.5) is 0 Å². The minimum absolute atomic E-state index is 0.132. The van der Waals surface area contributed by atoms with Crippen molar-refractivity contribution in [2.75, 3.05) is 13.2 Å². The molecule has 1 rings (SSSR count). The van der Waals surface area contributed by atoms with Crippen LogP contribution >= 0.6 is 0 Å². The molecule has 1 saturated heterocycles. The number of allylic oxidation sites excluding steroid dienone is 6. The van der Waals surface area contributed by atoms with Gasteiger partial charge in [-0.25, -0.2) is 0 Å². The van der Waals surface area contributed by atoms with Crippen molar-refractivity contribution in [2.45, 2.75) is 89.4 Å². The van der Waals surface area contributed by atoms with Gasteiger partial charge in [0.25, 0.3) is 0 Å². The van der Waals surface area contributed by atoms with Crippen molar-refractivity contribution in [3.05, 3.63) is 48.6 Å². The van der Waals surface area contributed by atoms with Gasteiger partial charge in [0.2, 0.25) is 0 Å². The quantitative estimate of drug-likeness (QED) is 0.144. The normalized spacial score (nSPS) is 20.1. The number of rotatable bonds is 18. The van der Waals surface area contributed by atoms with Crippen LogP contribution in [0.2, 0.25) is 0 Å². The summed E-state index contributed by atoms with van der Waals surface area (Å²) >= 11 is 0. The van der Waals surface area contributed by atoms with E-state index in [0.717, 1.165) is 57.8 Å². The Morgan fingerprint density at radius 2 is 1.57 bits per heavy atom. The topological polar surface area (TPSA) is 79.3 Å². The second kappa shape index (κ2) is 18.1. The minimum Gasteiger partial charge on any atom is -0.463 e. The van der Waals surface area contributed by atoms with Crippen LogP contribution in [0.1, 0.15) is 71.1 Å². The largest absolute Gasteiger partial charge is 0.463 e. The molecule has 0 aromatic rings. The number of ether oxygens (including phenoxy) is 2. The smallest absolute Gasteiger partial charge is 0.305 e. The molecule has 30 heavy (non-hydrogen) atoms. The summed E-state index contributed by atoms with van der Waals surface area (Å²) in [6, 6.07) is 0. The van der Waals surface area contributed by atoms with Gasteiger partial charge in [-0.2, -0.15) is 0 Å². The first-order chi connectivity index (χ1) is 14.7. The molecule has 0 bridgehead atoms. The Morgan fingerprint density at radius 1 is 0.933 bits per heavy atom. The van der Waals surface area contributed by atoms with Crippen molar-refractivity contribution in [3.63, 3.8) is 0 Å². The van der Waals surface area contributed by atoms with Gasteiger partial charge in [0, 0.05) is 6.42 Å². The highest BCUT2D eigenvalue weighted by Crippen LogP contribution is 2.29. The highest BCUT2D eigenvalue weighted by molar-refractivity contribution is 5.69. The maximum absolute atomic E-state index is 11.4. The highest BCUT2D eigenvalue weighted by Gasteiger charge is 2.35. The molecule has 0 aromatic carbocycles. The minimum atomic E-state index is -0.980. The number of esters is 1. The summed E-state index contributed by atoms with van der Waals surface area (Å²) < 4.78 is 10.5. The van der Waals surface area contributed by atoms with E-state index in [0.29, 0.717) is 18.6 Å². The van der Waals surface area contributed by atoms with Gasteiger partial charge in [0.05, 0.1) is 18.8 Å². The van der Waals surface area contributed by atoms with Gasteiger partial charge >= 0.3 is 5.97 Å². The zero-order chi connectivity index (χ0) is 21.9. The van der Waals surface area contributed by atoms with Crippen LogP contribution in [-0.4, -0.2) is 47.7 Å². The third kappa shape index (κ3) is 15.2. The molecule has 1 aliphatic heterocycles. The Bertz CT molecular complexity index is 550. The number of aliphatic hydroxyl groups is 2. The predicted molar refractivity (Wildman–Crippen MR) is 121 cm³/mol. The molecule has 0 aromatic heterocycles. The van der Waals surface area contributed by atoms with Gasteiger partial charge in [-0.1, -0.05) is 62.0 Å². The average Bonchev–Trinajstić information content (AvgIpc) is 3.50. The van der Waals surface area contributed by atoms with E-state index >= 15 is 0 Å². The van der Waals surface area contributed by atoms with E-state index in [-0.39, 0.29) is 12.6 Å². The summed E-state index contributed by atoms with van der Waals surface area (Å²) in [5, 5.41) is 17.8. The Morgan fingerprint density at radius 3 is 2.20 bits per heavy atom. The summed E-state index contributed by atoms with van der Waals surface area (Å²) in [7, 11) is 0. The first kappa shape index (κ1) is 26.3. The van der Waals surface area contributed by atoms with E-state index in [9.17, 15) is 4.79 Å². The van der Waals surface area contributed by atoms with Crippen LogP contribution in [-0.2, 0) is 14.3 Å². The zero-order valence-electron chi connectivity index (χ0n) is 18.5. The van der Waals surface area contributed by atoms with E-state index in [1.54, 1.807) is 0 Å². The molecule has 3 unspecified atom stereocenters. The molecule has 5 nitrogen and oxygen atoms in total. The zero-order valence-corrected chi connectivity index (χ0v) is 18.5. The lowest BCUT2D eigenvalue weighted by molar-refractivity contribution is -0.147. The summed E-state index contributed by atoms with van der Waals surface area (Å²) in [6.07, 6.45) is 26.6. The maximum Gasteiger partial charge on any atom is 0.305 e. The van der Waals surface area contributed by atoms with Crippen LogP contribution in [0.3, 0.4) is 0 Å². The van der Waals surface area contributed by atoms with Crippen molar-refractivity contribution in [1.29, 1.82) is 0 Å². The standard InChI is InChI=1S/C25H40O5/c1-2-3-4-5-11-14-17-23-24(30-23)18-15-12-9-7-6-8-10-13-16-19-25(28)29-21-22(27)20-26/h3-4,6-7,11-12,14-15,22-24,26-27H,2,5,8-10,13,16-21H2,1H3. The van der Waals surface area contributed by atoms with E-state index in [2.05, 4.69) is 55.5 Å². The SMILES string of the molecule is CCC=CCC=CCC1OC1CC=CCC=CCCCCCC(=O)OCC(O)CO. The molecule has 1 heterocycles. The lowest BCUT2D eigenvalue weighted by Gasteiger charge is -2.08. The molecular weight excluding hydrogens is 380 g/mol. The summed E-state index contributed by atoms with van der Waals surface area (Å²) in [5.74, 6) is -0.315. The van der Waals surface area contributed by atoms with Crippen LogP contribution < -0.4 is 0 Å². The van der Waals surface area contributed by atoms with Crippen LogP contribution in [0, 0.1) is 0 Å². The summed E-state index contributed by atoms with van der Waals surface area (Å²) in [4.78, 5) is 11.4. The molecule has 3 atom stereocenters. The van der Waals surface area contributed by atoms with Crippen LogP contribution in [0.15, 0.2) is 48.6 Å². The van der Waals surface area contributed by atoms with Gasteiger partial charge in [-0.3, -0.25) is 4.79 Å². The van der Waals surface area contributed by atoms with Crippen LogP contribution in [0.5, 0.6) is 0 Å². The molecular formula is C25H40O5. The second-order valence-electron chi connectivity index (χ2n) is 7.57. The molecule has 0 spiro atoms. The van der Waals surface area contributed by atoms with Crippen molar-refractivity contribution >= 4 is 5.97 Å². The lowest BCUT2D eigenvalue weighted by Crippen LogP contribution is -2.21. The summed E-state index contributed by atoms with van der Waals surface area (Å²) in [5.41, 5.74) is 0. The number of epoxide rings is 1. The average molecular weight is 421 g/mol. The number of hydrogen-bond donors (Lipinski definition) is 2. The first-order valence-corrected chi connectivity index (χ1v) is 11.4. The molecule has 0 saturated carbocycles. The molecule has 1 aliphatic rings. The third-order valence-electron chi connectivity index (χ3n) is 4.77. The highest BCUT2D eigenvalue weighted by atomic mass is 16.6. The van der Waals surface area contributed by atoms with Crippen molar-refractivity contribution in [1.82, 2.24) is 0 Å². The lowest BCUT2D eigenvalue weighted by atomic mass is 10.1. The number of hydrogen-bond acceptors (Lipinski definition) is 5. The Balaban J connectivity index is 1.90. The number of carbonyl (C=O) groups is 1. The fraction of sp³-hybridized carbons (Fsp3) is 0.640. The fourth-order valence-corrected chi connectivity index (χ4v) is 2.90. The maximum atomic E-state index is 11.4. The number of carbonyl (C=O) groups excluding carboxylic acids is 1. The monoisotopic (exact) mass is 420 g/mol. The second-order valence-corrected chi connectivity index (χ2v) is 7.57. The molecule has 2 N–H and O–H groups in total. The number of aliphatic hydroxyl groups excluding tert-OH is 2. The first-order valence-electron chi connectivity index (χ1n) is 11.4. The van der Waals surface area contributed by atoms with Crippen LogP contribution in [0.25, 0.3) is 0 Å². The number of unbranched alkanes of at least 4 members (excludes halogenated alkanes) is 3. The van der Waals surface area contributed by atoms with Gasteiger partial charge in [-0.15, -0.1) is 0 Å². The Hall–Kier alpha value is -1.69. The van der Waals surface area contributed by atoms with Crippen molar-refractivity contribution in [2.24, 2.45) is 0 Å². The predicted octanol–water partition coefficient (Wildman–Crippen LogP) is 4.80. The van der Waals surface area contributed by atoms with Crippen molar-refractivity contribution < 1.29 is 24.5 Å². The molecule has 170 valence electrons. The van der Waals surface area contributed by atoms with Gasteiger partial charge in [0.15, 0.2) is 0 Å². The van der Waals surface area contributed by atoms with Gasteiger partial charge in [0.1, 0.15) is 12.7 Å². The molecule has 0 amide bonds. The van der Waals surface area contributed by atoms with E-state index in [1.165, 1.54) is 0 Å². The Kier molecular flexibility index (Phi) is 15.9. The third-order valence-corrected chi connectivity index (χ3v) is 4.77. The molecule has 0 aliphatic carbocycles. The van der Waals surface area contributed by atoms with Crippen molar-refractivity contribution in [3.8, 4) is 0 Å². The molecule has 1 fully saturated rings.